The van der Waals surface area contributed by atoms with Crippen LogP contribution in [0.15, 0.2) is 24.3 Å². The third-order valence-electron chi connectivity index (χ3n) is 5.01. The molecule has 2 atom stereocenters. The lowest BCUT2D eigenvalue weighted by Crippen LogP contribution is -2.54. The molecule has 0 bridgehead atoms. The predicted molar refractivity (Wildman–Crippen MR) is 121 cm³/mol. The summed E-state index contributed by atoms with van der Waals surface area (Å²) in [6.45, 7) is 8.10. The molecule has 5 N–H and O–H groups in total. The van der Waals surface area contributed by atoms with Crippen molar-refractivity contribution in [2.45, 2.75) is 77.6 Å². The van der Waals surface area contributed by atoms with Crippen molar-refractivity contribution in [3.8, 4) is 0 Å². The van der Waals surface area contributed by atoms with Gasteiger partial charge in [-0.25, -0.2) is 0 Å². The molecule has 0 fully saturated rings. The number of rotatable bonds is 12. The normalized spacial score (nSPS) is 13.5. The van der Waals surface area contributed by atoms with Gasteiger partial charge < -0.3 is 21.7 Å². The Morgan fingerprint density at radius 3 is 2.00 bits per heavy atom. The highest BCUT2D eigenvalue weighted by Gasteiger charge is 2.41. The molecule has 0 saturated carbocycles. The largest absolute Gasteiger partial charge is 0.471 e. The molecule has 33 heavy (non-hydrogen) atoms. The average molecular weight is 473 g/mol. The number of unbranched alkanes of at least 4 members (excludes halogenated alkanes) is 1. The first-order valence-electron chi connectivity index (χ1n) is 11.1. The first-order valence-corrected chi connectivity index (χ1v) is 11.1. The van der Waals surface area contributed by atoms with Gasteiger partial charge in [0.05, 0.1) is 0 Å². The molecule has 0 heterocycles. The minimum atomic E-state index is -5.12. The molecular weight excluding hydrogens is 437 g/mol. The second-order valence-electron chi connectivity index (χ2n) is 8.76. The molecule has 1 aromatic rings. The van der Waals surface area contributed by atoms with E-state index >= 15 is 0 Å². The number of carbonyl (C=O) groups excluding carboxylic acids is 3. The molecule has 0 unspecified atom stereocenters. The Balaban J connectivity index is 2.95. The molecule has 10 heteroatoms. The van der Waals surface area contributed by atoms with Crippen molar-refractivity contribution >= 4 is 23.4 Å². The zero-order chi connectivity index (χ0) is 25.2. The van der Waals surface area contributed by atoms with E-state index in [2.05, 4.69) is 10.6 Å². The molecule has 0 saturated heterocycles. The fourth-order valence-electron chi connectivity index (χ4n) is 3.16. The summed E-state index contributed by atoms with van der Waals surface area (Å²) >= 11 is 0. The number of alkyl halides is 3. The number of nitrogens with two attached hydrogens (primary N) is 1. The van der Waals surface area contributed by atoms with Gasteiger partial charge in [-0.05, 0) is 61.8 Å². The zero-order valence-corrected chi connectivity index (χ0v) is 19.6. The van der Waals surface area contributed by atoms with Crippen molar-refractivity contribution in [1.29, 1.82) is 0 Å². The lowest BCUT2D eigenvalue weighted by molar-refractivity contribution is -0.174. The molecule has 0 spiro atoms. The molecule has 3 amide bonds. The summed E-state index contributed by atoms with van der Waals surface area (Å²) in [6, 6.07) is 4.86. The van der Waals surface area contributed by atoms with Gasteiger partial charge >= 0.3 is 12.1 Å². The average Bonchev–Trinajstić information content (AvgIpc) is 2.71. The zero-order valence-electron chi connectivity index (χ0n) is 19.6. The summed E-state index contributed by atoms with van der Waals surface area (Å²) in [6.07, 6.45) is -4.06. The number of benzene rings is 1. The topological polar surface area (TPSA) is 113 Å². The Morgan fingerprint density at radius 2 is 1.52 bits per heavy atom. The van der Waals surface area contributed by atoms with Gasteiger partial charge in [0, 0.05) is 5.69 Å². The van der Waals surface area contributed by atoms with Crippen LogP contribution < -0.4 is 21.7 Å². The van der Waals surface area contributed by atoms with Gasteiger partial charge in [0.15, 0.2) is 0 Å². The predicted octanol–water partition coefficient (Wildman–Crippen LogP) is 3.46. The van der Waals surface area contributed by atoms with Crippen molar-refractivity contribution in [2.75, 3.05) is 11.9 Å². The summed E-state index contributed by atoms with van der Waals surface area (Å²) in [4.78, 5) is 37.0. The van der Waals surface area contributed by atoms with Gasteiger partial charge in [0.1, 0.15) is 12.1 Å². The Kier molecular flexibility index (Phi) is 11.3. The third-order valence-corrected chi connectivity index (χ3v) is 5.01. The van der Waals surface area contributed by atoms with Crippen LogP contribution in [0.3, 0.4) is 0 Å². The highest BCUT2D eigenvalue weighted by Crippen LogP contribution is 2.18. The van der Waals surface area contributed by atoms with E-state index in [0.29, 0.717) is 31.0 Å². The van der Waals surface area contributed by atoms with Crippen molar-refractivity contribution in [1.82, 2.24) is 10.6 Å². The molecule has 186 valence electrons. The molecule has 1 aromatic carbocycles. The fraction of sp³-hybridized carbons (Fsp3) is 0.609. The van der Waals surface area contributed by atoms with Crippen molar-refractivity contribution in [3.05, 3.63) is 29.8 Å². The lowest BCUT2D eigenvalue weighted by atomic mass is 10.0. The Hall–Kier alpha value is -2.62. The van der Waals surface area contributed by atoms with E-state index in [4.69, 9.17) is 5.73 Å². The summed E-state index contributed by atoms with van der Waals surface area (Å²) < 4.78 is 38.1. The van der Waals surface area contributed by atoms with E-state index in [9.17, 15) is 27.6 Å². The van der Waals surface area contributed by atoms with Gasteiger partial charge in [0.25, 0.3) is 0 Å². The van der Waals surface area contributed by atoms with Crippen LogP contribution >= 0.6 is 0 Å². The monoisotopic (exact) mass is 472 g/mol. The van der Waals surface area contributed by atoms with Gasteiger partial charge in [0.2, 0.25) is 11.8 Å². The Bertz CT molecular complexity index is 780. The molecule has 0 aromatic heterocycles. The number of amides is 3. The number of hydrogen-bond donors (Lipinski definition) is 4. The van der Waals surface area contributed by atoms with E-state index < -0.39 is 36.0 Å². The molecule has 1 rings (SSSR count). The maximum absolute atomic E-state index is 12.9. The molecule has 0 aliphatic rings. The standard InChI is InChI=1S/C23H35F3N4O3/c1-14(2)13-19(21(32)28-17-10-8-16(9-11-17)15(3)4)29-20(31)18(7-5-6-12-27)30-22(33)23(24,25)26/h8-11,14-15,18-19H,5-7,12-13,27H2,1-4H3,(H,28,32)(H,29,31)(H,30,33)/t18-,19-/m0/s1. The van der Waals surface area contributed by atoms with Crippen LogP contribution in [0.4, 0.5) is 18.9 Å². The first kappa shape index (κ1) is 28.4. The number of hydrogen-bond acceptors (Lipinski definition) is 4. The minimum absolute atomic E-state index is 0.0184. The van der Waals surface area contributed by atoms with Gasteiger partial charge in [-0.3, -0.25) is 14.4 Å². The molecule has 7 nitrogen and oxygen atoms in total. The molecule has 0 radical (unpaired) electrons. The van der Waals surface area contributed by atoms with E-state index in [1.807, 2.05) is 39.8 Å². The summed E-state index contributed by atoms with van der Waals surface area (Å²) in [5.41, 5.74) is 7.05. The van der Waals surface area contributed by atoms with Gasteiger partial charge in [-0.2, -0.15) is 13.2 Å². The number of carbonyl (C=O) groups is 3. The molecule has 0 aliphatic heterocycles. The van der Waals surface area contributed by atoms with Crippen LogP contribution in [0.1, 0.15) is 64.9 Å². The van der Waals surface area contributed by atoms with E-state index in [1.165, 1.54) is 0 Å². The van der Waals surface area contributed by atoms with Crippen LogP contribution in [-0.2, 0) is 14.4 Å². The fourth-order valence-corrected chi connectivity index (χ4v) is 3.16. The van der Waals surface area contributed by atoms with Gasteiger partial charge in [-0.1, -0.05) is 39.8 Å². The highest BCUT2D eigenvalue weighted by molar-refractivity contribution is 5.98. The molecular formula is C23H35F3N4O3. The number of anilines is 1. The van der Waals surface area contributed by atoms with Crippen LogP contribution in [0.5, 0.6) is 0 Å². The quantitative estimate of drug-likeness (QED) is 0.349. The third kappa shape index (κ3) is 10.2. The summed E-state index contributed by atoms with van der Waals surface area (Å²) in [7, 11) is 0. The Labute approximate surface area is 193 Å². The highest BCUT2D eigenvalue weighted by atomic mass is 19.4. The lowest BCUT2D eigenvalue weighted by Gasteiger charge is -2.24. The second-order valence-corrected chi connectivity index (χ2v) is 8.76. The molecule has 0 aliphatic carbocycles. The van der Waals surface area contributed by atoms with Crippen molar-refractivity contribution in [2.24, 2.45) is 11.7 Å². The number of nitrogens with one attached hydrogen (secondary N) is 3. The SMILES string of the molecule is CC(C)C[C@H](NC(=O)[C@H](CCCCN)NC(=O)C(F)(F)F)C(=O)Nc1ccc(C(C)C)cc1. The van der Waals surface area contributed by atoms with E-state index in [-0.39, 0.29) is 18.8 Å². The smallest absolute Gasteiger partial charge is 0.342 e. The maximum Gasteiger partial charge on any atom is 0.471 e. The summed E-state index contributed by atoms with van der Waals surface area (Å²) in [5.74, 6) is -3.20. The maximum atomic E-state index is 12.9. The Morgan fingerprint density at radius 1 is 0.909 bits per heavy atom. The minimum Gasteiger partial charge on any atom is -0.342 e. The van der Waals surface area contributed by atoms with Crippen LogP contribution in [-0.4, -0.2) is 42.5 Å². The van der Waals surface area contributed by atoms with E-state index in [0.717, 1.165) is 5.56 Å². The second kappa shape index (κ2) is 13.2. The van der Waals surface area contributed by atoms with E-state index in [1.54, 1.807) is 17.4 Å². The first-order chi connectivity index (χ1) is 15.3. The van der Waals surface area contributed by atoms with Crippen LogP contribution in [0.25, 0.3) is 0 Å². The van der Waals surface area contributed by atoms with Crippen LogP contribution in [0, 0.1) is 5.92 Å². The summed E-state index contributed by atoms with van der Waals surface area (Å²) in [5, 5.41) is 6.99. The number of halogens is 3. The van der Waals surface area contributed by atoms with Crippen LogP contribution in [0.2, 0.25) is 0 Å². The van der Waals surface area contributed by atoms with Crippen molar-refractivity contribution in [3.63, 3.8) is 0 Å². The van der Waals surface area contributed by atoms with Crippen molar-refractivity contribution < 1.29 is 27.6 Å². The van der Waals surface area contributed by atoms with Gasteiger partial charge in [-0.15, -0.1) is 0 Å².